The van der Waals surface area contributed by atoms with Crippen molar-refractivity contribution in [2.45, 2.75) is 13.0 Å². The van der Waals surface area contributed by atoms with Gasteiger partial charge in [0, 0.05) is 24.3 Å². The van der Waals surface area contributed by atoms with Gasteiger partial charge in [-0.25, -0.2) is 4.79 Å². The first-order chi connectivity index (χ1) is 7.49. The Bertz CT molecular complexity index is 352. The average molecular weight is 243 g/mol. The van der Waals surface area contributed by atoms with Crippen LogP contribution in [-0.2, 0) is 0 Å². The Balaban J connectivity index is 2.54. The van der Waals surface area contributed by atoms with E-state index >= 15 is 0 Å². The van der Waals surface area contributed by atoms with Gasteiger partial charge in [0.1, 0.15) is 0 Å². The van der Waals surface area contributed by atoms with Gasteiger partial charge in [-0.1, -0.05) is 11.6 Å². The second kappa shape index (κ2) is 5.72. The standard InChI is InChI=1S/C11H15ClN2O2/c1-8(15)7-14(2)11(16)13-10-5-3-9(12)4-6-10/h3-6,8,15H,7H2,1-2H3,(H,13,16)/t8-/m0/s1. The molecule has 0 radical (unpaired) electrons. The second-order valence-corrected chi connectivity index (χ2v) is 4.10. The van der Waals surface area contributed by atoms with Gasteiger partial charge in [0.05, 0.1) is 6.10 Å². The predicted octanol–water partition coefficient (Wildman–Crippen LogP) is 2.18. The fraction of sp³-hybridized carbons (Fsp3) is 0.364. The van der Waals surface area contributed by atoms with Crippen LogP contribution in [0.15, 0.2) is 24.3 Å². The number of carbonyl (C=O) groups excluding carboxylic acids is 1. The summed E-state index contributed by atoms with van der Waals surface area (Å²) in [5, 5.41) is 12.4. The summed E-state index contributed by atoms with van der Waals surface area (Å²) in [6.45, 7) is 1.92. The SMILES string of the molecule is C[C@H](O)CN(C)C(=O)Nc1ccc(Cl)cc1. The molecule has 4 nitrogen and oxygen atoms in total. The Labute approximate surface area is 99.8 Å². The zero-order valence-electron chi connectivity index (χ0n) is 9.27. The van der Waals surface area contributed by atoms with Gasteiger partial charge in [-0.2, -0.15) is 0 Å². The molecule has 0 aliphatic heterocycles. The van der Waals surface area contributed by atoms with Crippen molar-refractivity contribution in [2.24, 2.45) is 0 Å². The van der Waals surface area contributed by atoms with Crippen LogP contribution in [0.5, 0.6) is 0 Å². The van der Waals surface area contributed by atoms with E-state index in [1.807, 2.05) is 0 Å². The minimum Gasteiger partial charge on any atom is -0.392 e. The first-order valence-electron chi connectivity index (χ1n) is 4.95. The van der Waals surface area contributed by atoms with Gasteiger partial charge in [0.2, 0.25) is 0 Å². The molecule has 2 N–H and O–H groups in total. The average Bonchev–Trinajstić information content (AvgIpc) is 2.20. The first kappa shape index (κ1) is 12.8. The molecule has 0 fully saturated rings. The zero-order valence-corrected chi connectivity index (χ0v) is 10.0. The molecule has 0 aliphatic rings. The number of aliphatic hydroxyl groups is 1. The lowest BCUT2D eigenvalue weighted by atomic mass is 10.3. The van der Waals surface area contributed by atoms with Crippen molar-refractivity contribution in [1.82, 2.24) is 4.90 Å². The van der Waals surface area contributed by atoms with Crippen LogP contribution in [0.25, 0.3) is 0 Å². The molecule has 2 amide bonds. The number of rotatable bonds is 3. The van der Waals surface area contributed by atoms with Gasteiger partial charge < -0.3 is 15.3 Å². The summed E-state index contributed by atoms with van der Waals surface area (Å²) in [7, 11) is 1.62. The number of hydrogen-bond donors (Lipinski definition) is 2. The highest BCUT2D eigenvalue weighted by Crippen LogP contribution is 2.13. The Morgan fingerprint density at radius 3 is 2.56 bits per heavy atom. The van der Waals surface area contributed by atoms with Crippen LogP contribution in [0.2, 0.25) is 5.02 Å². The van der Waals surface area contributed by atoms with Crippen LogP contribution in [0.1, 0.15) is 6.92 Å². The van der Waals surface area contributed by atoms with Gasteiger partial charge >= 0.3 is 6.03 Å². The quantitative estimate of drug-likeness (QED) is 0.854. The Hall–Kier alpha value is -1.26. The van der Waals surface area contributed by atoms with E-state index in [0.29, 0.717) is 17.3 Å². The lowest BCUT2D eigenvalue weighted by molar-refractivity contribution is 0.149. The van der Waals surface area contributed by atoms with Gasteiger partial charge in [-0.05, 0) is 31.2 Å². The summed E-state index contributed by atoms with van der Waals surface area (Å²) in [6, 6.07) is 6.58. The molecule has 1 aromatic rings. The molecular weight excluding hydrogens is 228 g/mol. The van der Waals surface area contributed by atoms with E-state index in [1.165, 1.54) is 4.90 Å². The topological polar surface area (TPSA) is 52.6 Å². The van der Waals surface area contributed by atoms with Gasteiger partial charge in [0.25, 0.3) is 0 Å². The lowest BCUT2D eigenvalue weighted by Gasteiger charge is -2.19. The van der Waals surface area contributed by atoms with E-state index in [4.69, 9.17) is 16.7 Å². The van der Waals surface area contributed by atoms with Crippen molar-refractivity contribution in [3.05, 3.63) is 29.3 Å². The molecule has 1 rings (SSSR count). The van der Waals surface area contributed by atoms with Crippen LogP contribution in [0, 0.1) is 0 Å². The van der Waals surface area contributed by atoms with Crippen molar-refractivity contribution < 1.29 is 9.90 Å². The third-order valence-electron chi connectivity index (χ3n) is 1.98. The van der Waals surface area contributed by atoms with Crippen molar-refractivity contribution >= 4 is 23.3 Å². The molecule has 5 heteroatoms. The molecule has 1 aromatic carbocycles. The molecule has 1 atom stereocenters. The molecule has 88 valence electrons. The number of anilines is 1. The highest BCUT2D eigenvalue weighted by atomic mass is 35.5. The number of amides is 2. The fourth-order valence-electron chi connectivity index (χ4n) is 1.23. The number of likely N-dealkylation sites (N-methyl/N-ethyl adjacent to an activating group) is 1. The maximum absolute atomic E-state index is 11.6. The van der Waals surface area contributed by atoms with Crippen molar-refractivity contribution in [3.8, 4) is 0 Å². The fourth-order valence-corrected chi connectivity index (χ4v) is 1.36. The van der Waals surface area contributed by atoms with Crippen molar-refractivity contribution in [2.75, 3.05) is 18.9 Å². The van der Waals surface area contributed by atoms with E-state index in [-0.39, 0.29) is 6.03 Å². The van der Waals surface area contributed by atoms with E-state index in [0.717, 1.165) is 0 Å². The van der Waals surface area contributed by atoms with Crippen molar-refractivity contribution in [3.63, 3.8) is 0 Å². The van der Waals surface area contributed by atoms with Crippen LogP contribution in [-0.4, -0.2) is 35.7 Å². The number of aliphatic hydroxyl groups excluding tert-OH is 1. The summed E-state index contributed by atoms with van der Waals surface area (Å²) in [5.41, 5.74) is 0.673. The Morgan fingerprint density at radius 1 is 1.50 bits per heavy atom. The normalized spacial score (nSPS) is 12.0. The highest BCUT2D eigenvalue weighted by Gasteiger charge is 2.10. The smallest absolute Gasteiger partial charge is 0.321 e. The number of nitrogens with zero attached hydrogens (tertiary/aromatic N) is 1. The summed E-state index contributed by atoms with van der Waals surface area (Å²) in [6.07, 6.45) is -0.541. The van der Waals surface area contributed by atoms with Crippen LogP contribution in [0.3, 0.4) is 0 Å². The predicted molar refractivity (Wildman–Crippen MR) is 64.8 cm³/mol. The third kappa shape index (κ3) is 4.08. The Kier molecular flexibility index (Phi) is 4.58. The molecule has 0 unspecified atom stereocenters. The molecule has 0 bridgehead atoms. The largest absolute Gasteiger partial charge is 0.392 e. The van der Waals surface area contributed by atoms with E-state index in [9.17, 15) is 4.79 Å². The molecule has 16 heavy (non-hydrogen) atoms. The second-order valence-electron chi connectivity index (χ2n) is 3.67. The summed E-state index contributed by atoms with van der Waals surface area (Å²) in [4.78, 5) is 13.0. The van der Waals surface area contributed by atoms with Gasteiger partial charge in [-0.15, -0.1) is 0 Å². The Morgan fingerprint density at radius 2 is 2.06 bits per heavy atom. The molecule has 0 spiro atoms. The lowest BCUT2D eigenvalue weighted by Crippen LogP contribution is -2.36. The monoisotopic (exact) mass is 242 g/mol. The molecule has 0 saturated heterocycles. The minimum atomic E-state index is -0.541. The maximum atomic E-state index is 11.6. The summed E-state index contributed by atoms with van der Waals surface area (Å²) >= 11 is 5.72. The third-order valence-corrected chi connectivity index (χ3v) is 2.23. The number of hydrogen-bond acceptors (Lipinski definition) is 2. The maximum Gasteiger partial charge on any atom is 0.321 e. The highest BCUT2D eigenvalue weighted by molar-refractivity contribution is 6.30. The van der Waals surface area contributed by atoms with E-state index < -0.39 is 6.10 Å². The molecule has 0 aromatic heterocycles. The van der Waals surface area contributed by atoms with Crippen LogP contribution >= 0.6 is 11.6 Å². The summed E-state index contributed by atoms with van der Waals surface area (Å²) < 4.78 is 0. The van der Waals surface area contributed by atoms with Gasteiger partial charge in [0.15, 0.2) is 0 Å². The van der Waals surface area contributed by atoms with E-state index in [1.54, 1.807) is 38.2 Å². The number of halogens is 1. The molecular formula is C11H15ClN2O2. The summed E-state index contributed by atoms with van der Waals surface area (Å²) in [5.74, 6) is 0. The number of benzene rings is 1. The number of nitrogens with one attached hydrogen (secondary N) is 1. The molecule has 0 aliphatic carbocycles. The molecule has 0 heterocycles. The zero-order chi connectivity index (χ0) is 12.1. The van der Waals surface area contributed by atoms with Crippen molar-refractivity contribution in [1.29, 1.82) is 0 Å². The minimum absolute atomic E-state index is 0.261. The molecule has 0 saturated carbocycles. The first-order valence-corrected chi connectivity index (χ1v) is 5.32. The number of carbonyl (C=O) groups is 1. The number of urea groups is 1. The van der Waals surface area contributed by atoms with Crippen LogP contribution < -0.4 is 5.32 Å². The van der Waals surface area contributed by atoms with Crippen LogP contribution in [0.4, 0.5) is 10.5 Å². The van der Waals surface area contributed by atoms with E-state index in [2.05, 4.69) is 5.32 Å². The van der Waals surface area contributed by atoms with Gasteiger partial charge in [-0.3, -0.25) is 0 Å².